The first-order valence-corrected chi connectivity index (χ1v) is 16.1. The predicted octanol–water partition coefficient (Wildman–Crippen LogP) is 6.83. The molecule has 1 aromatic heterocycles. The van der Waals surface area contributed by atoms with Gasteiger partial charge in [-0.25, -0.2) is 12.8 Å². The van der Waals surface area contributed by atoms with Gasteiger partial charge in [-0.1, -0.05) is 36.4 Å². The molecule has 0 radical (unpaired) electrons. The van der Waals surface area contributed by atoms with E-state index < -0.39 is 68.4 Å². The Hall–Kier alpha value is -4.01. The van der Waals surface area contributed by atoms with Crippen LogP contribution in [-0.4, -0.2) is 60.7 Å². The highest BCUT2D eigenvalue weighted by molar-refractivity contribution is 7.92. The van der Waals surface area contributed by atoms with Gasteiger partial charge in [0.25, 0.3) is 0 Å². The van der Waals surface area contributed by atoms with E-state index in [2.05, 4.69) is 4.98 Å². The Labute approximate surface area is 265 Å². The van der Waals surface area contributed by atoms with Gasteiger partial charge in [-0.05, 0) is 73.1 Å². The molecule has 2 aliphatic rings. The number of rotatable bonds is 7. The Kier molecular flexibility index (Phi) is 8.92. The van der Waals surface area contributed by atoms with E-state index in [0.717, 1.165) is 12.1 Å². The summed E-state index contributed by atoms with van der Waals surface area (Å²) in [7, 11) is -4.53. The number of amides is 1. The molecule has 1 N–H and O–H groups in total. The molecular weight excluding hydrogens is 657 g/mol. The van der Waals surface area contributed by atoms with Gasteiger partial charge in [0, 0.05) is 37.0 Å². The molecule has 1 amide bonds. The van der Waals surface area contributed by atoms with Crippen LogP contribution in [0.1, 0.15) is 43.2 Å². The first-order valence-electron chi connectivity index (χ1n) is 14.6. The van der Waals surface area contributed by atoms with E-state index in [9.17, 15) is 53.8 Å². The van der Waals surface area contributed by atoms with Crippen molar-refractivity contribution in [2.75, 3.05) is 13.1 Å². The van der Waals surface area contributed by atoms with E-state index >= 15 is 0 Å². The van der Waals surface area contributed by atoms with Crippen LogP contribution in [-0.2, 0) is 29.8 Å². The fourth-order valence-corrected chi connectivity index (χ4v) is 8.65. The first kappa shape index (κ1) is 34.3. The highest BCUT2D eigenvalue weighted by Gasteiger charge is 2.73. The topological polar surface area (TPSA) is 105 Å². The maximum absolute atomic E-state index is 14.8. The van der Waals surface area contributed by atoms with Gasteiger partial charge >= 0.3 is 24.0 Å². The zero-order valence-electron chi connectivity index (χ0n) is 24.6. The van der Waals surface area contributed by atoms with Gasteiger partial charge in [-0.15, -0.1) is 0 Å². The number of hydrogen-bond acceptors (Lipinski definition) is 5. The van der Waals surface area contributed by atoms with Crippen LogP contribution in [0.4, 0.5) is 30.7 Å². The number of likely N-dealkylation sites (tertiary alicyclic amines) is 1. The van der Waals surface area contributed by atoms with Gasteiger partial charge in [0.1, 0.15) is 4.75 Å². The minimum absolute atomic E-state index is 0.110. The number of aromatic nitrogens is 1. The van der Waals surface area contributed by atoms with E-state index in [0.29, 0.717) is 11.1 Å². The molecular formula is C32H29F7N2O5S. The number of aliphatic carboxylic acids is 1. The third-order valence-electron chi connectivity index (χ3n) is 9.23. The molecule has 1 saturated carbocycles. The number of carboxylic acid groups (broad SMARTS) is 1. The molecule has 47 heavy (non-hydrogen) atoms. The zero-order valence-corrected chi connectivity index (χ0v) is 25.4. The van der Waals surface area contributed by atoms with Gasteiger partial charge < -0.3 is 10.0 Å². The summed E-state index contributed by atoms with van der Waals surface area (Å²) in [5, 5.41) is 9.30. The molecule has 5 rings (SSSR count). The number of carbonyl (C=O) groups is 2. The molecule has 3 aromatic rings. The average Bonchev–Trinajstić information content (AvgIpc) is 3.51. The molecule has 2 fully saturated rings. The normalized spacial score (nSPS) is 22.7. The lowest BCUT2D eigenvalue weighted by Crippen LogP contribution is -2.50. The highest BCUT2D eigenvalue weighted by atomic mass is 32.2. The summed E-state index contributed by atoms with van der Waals surface area (Å²) in [5.74, 6) is -2.61. The summed E-state index contributed by atoms with van der Waals surface area (Å²) in [6.07, 6.45) is -8.99. The van der Waals surface area contributed by atoms with Crippen molar-refractivity contribution in [1.82, 2.24) is 9.88 Å². The summed E-state index contributed by atoms with van der Waals surface area (Å²) >= 11 is 0. The Balaban J connectivity index is 1.57. The molecule has 2 heterocycles. The first-order chi connectivity index (χ1) is 21.9. The Morgan fingerprint density at radius 3 is 1.94 bits per heavy atom. The molecule has 15 heteroatoms. The van der Waals surface area contributed by atoms with Crippen LogP contribution in [0.5, 0.6) is 0 Å². The minimum atomic E-state index is -6.36. The molecule has 252 valence electrons. The summed E-state index contributed by atoms with van der Waals surface area (Å²) in [4.78, 5) is 30.0. The number of hydrogen-bond donors (Lipinski definition) is 1. The number of carboxylic acids is 1. The van der Waals surface area contributed by atoms with Crippen LogP contribution in [0.3, 0.4) is 0 Å². The fourth-order valence-electron chi connectivity index (χ4n) is 6.53. The monoisotopic (exact) mass is 686 g/mol. The largest absolute Gasteiger partial charge is 0.481 e. The fraction of sp³-hybridized carbons (Fsp3) is 0.406. The lowest BCUT2D eigenvalue weighted by atomic mass is 9.81. The number of pyridine rings is 1. The van der Waals surface area contributed by atoms with E-state index in [1.54, 1.807) is 18.2 Å². The van der Waals surface area contributed by atoms with Crippen LogP contribution < -0.4 is 0 Å². The van der Waals surface area contributed by atoms with Crippen LogP contribution in [0.2, 0.25) is 0 Å². The SMILES string of the molecule is O=C(O)C1CCC(C(=O)N2CCC(c3ccc(C(F)(C(F)(F)F)C(F)(F)F)cc3)(S(=O)(=O)c3cccc(-c4ccncc4)c3)C2)CC1. The van der Waals surface area contributed by atoms with Gasteiger partial charge in [0.15, 0.2) is 9.84 Å². The summed E-state index contributed by atoms with van der Waals surface area (Å²) < 4.78 is 123. The standard InChI is InChI=1S/C32H29F7N2O5S/c33-30(31(34,35)36,32(37,38)39)25-10-8-24(9-11-25)29(14-17-41(19-29)27(42)21-4-6-22(7-5-21)28(43)44)47(45,46)26-3-1-2-23(18-26)20-12-15-40-16-13-20/h1-3,8-13,15-16,18,21-22H,4-7,14,17,19H2,(H,43,44). The van der Waals surface area contributed by atoms with Crippen molar-refractivity contribution in [3.8, 4) is 11.1 Å². The van der Waals surface area contributed by atoms with E-state index in [1.165, 1.54) is 35.5 Å². The van der Waals surface area contributed by atoms with Crippen LogP contribution in [0.25, 0.3) is 11.1 Å². The van der Waals surface area contributed by atoms with Crippen LogP contribution in [0.15, 0.2) is 78.0 Å². The van der Waals surface area contributed by atoms with Crippen molar-refractivity contribution in [3.63, 3.8) is 0 Å². The maximum atomic E-state index is 14.8. The summed E-state index contributed by atoms with van der Waals surface area (Å²) in [6, 6.07) is 11.1. The molecule has 1 aliphatic heterocycles. The number of sulfone groups is 1. The number of nitrogens with zero attached hydrogens (tertiary/aromatic N) is 2. The number of carbonyl (C=O) groups excluding carboxylic acids is 1. The van der Waals surface area contributed by atoms with Gasteiger partial charge in [-0.3, -0.25) is 14.6 Å². The second-order valence-electron chi connectivity index (χ2n) is 11.9. The molecule has 1 saturated heterocycles. The molecule has 1 aliphatic carbocycles. The lowest BCUT2D eigenvalue weighted by Gasteiger charge is -2.33. The van der Waals surface area contributed by atoms with Gasteiger partial charge in [0.2, 0.25) is 5.91 Å². The molecule has 0 spiro atoms. The number of alkyl halides is 7. The number of benzene rings is 2. The minimum Gasteiger partial charge on any atom is -0.481 e. The van der Waals surface area contributed by atoms with Crippen molar-refractivity contribution in [1.29, 1.82) is 0 Å². The van der Waals surface area contributed by atoms with Gasteiger partial charge in [-0.2, -0.15) is 26.3 Å². The smallest absolute Gasteiger partial charge is 0.435 e. The quantitative estimate of drug-likeness (QED) is 0.274. The molecule has 0 bridgehead atoms. The van der Waals surface area contributed by atoms with Crippen LogP contribution in [0, 0.1) is 11.8 Å². The average molecular weight is 687 g/mol. The van der Waals surface area contributed by atoms with Gasteiger partial charge in [0.05, 0.1) is 10.8 Å². The van der Waals surface area contributed by atoms with Crippen molar-refractivity contribution in [3.05, 3.63) is 84.2 Å². The predicted molar refractivity (Wildman–Crippen MR) is 154 cm³/mol. The van der Waals surface area contributed by atoms with Crippen LogP contribution >= 0.6 is 0 Å². The third-order valence-corrected chi connectivity index (χ3v) is 11.7. The van der Waals surface area contributed by atoms with Crippen molar-refractivity contribution in [2.45, 2.75) is 59.8 Å². The molecule has 1 atom stereocenters. The molecule has 2 aromatic carbocycles. The Morgan fingerprint density at radius 1 is 0.809 bits per heavy atom. The maximum Gasteiger partial charge on any atom is 0.435 e. The lowest BCUT2D eigenvalue weighted by molar-refractivity contribution is -0.348. The Bertz CT molecular complexity index is 1730. The highest BCUT2D eigenvalue weighted by Crippen LogP contribution is 2.54. The van der Waals surface area contributed by atoms with E-state index in [1.807, 2.05) is 0 Å². The Morgan fingerprint density at radius 2 is 1.38 bits per heavy atom. The second kappa shape index (κ2) is 12.2. The number of halogens is 7. The van der Waals surface area contributed by atoms with E-state index in [-0.39, 0.29) is 61.2 Å². The summed E-state index contributed by atoms with van der Waals surface area (Å²) in [6.45, 7) is -0.591. The second-order valence-corrected chi connectivity index (χ2v) is 14.1. The third kappa shape index (κ3) is 5.98. The molecule has 7 nitrogen and oxygen atoms in total. The summed E-state index contributed by atoms with van der Waals surface area (Å²) in [5.41, 5.74) is -6.59. The van der Waals surface area contributed by atoms with E-state index in [4.69, 9.17) is 0 Å². The van der Waals surface area contributed by atoms with Crippen molar-refractivity contribution in [2.24, 2.45) is 11.8 Å². The van der Waals surface area contributed by atoms with Crippen molar-refractivity contribution < 1.29 is 53.8 Å². The molecule has 1 unspecified atom stereocenters. The zero-order chi connectivity index (χ0) is 34.4. The van der Waals surface area contributed by atoms with Crippen molar-refractivity contribution >= 4 is 21.7 Å².